The zero-order chi connectivity index (χ0) is 33.9. The molecule has 3 heterocycles. The minimum atomic E-state index is -4.83. The zero-order valence-electron chi connectivity index (χ0n) is 24.0. The molecule has 18 heteroatoms. The number of aromatic nitrogens is 7. The van der Waals surface area contributed by atoms with Crippen molar-refractivity contribution in [3.8, 4) is 11.6 Å². The molecule has 0 aliphatic heterocycles. The molecule has 5 rings (SSSR count). The Bertz CT molecular complexity index is 1930. The van der Waals surface area contributed by atoms with Gasteiger partial charge in [0.1, 0.15) is 23.8 Å². The summed E-state index contributed by atoms with van der Waals surface area (Å²) in [5.41, 5.74) is 0.813. The molecule has 47 heavy (non-hydrogen) atoms. The molecule has 0 aliphatic rings. The van der Waals surface area contributed by atoms with Gasteiger partial charge in [-0.3, -0.25) is 9.59 Å². The summed E-state index contributed by atoms with van der Waals surface area (Å²) in [7, 11) is 0. The smallest absolute Gasteiger partial charge is 0.435 e. The second-order valence-electron chi connectivity index (χ2n) is 9.94. The van der Waals surface area contributed by atoms with Crippen LogP contribution in [-0.4, -0.2) is 53.3 Å². The fraction of sp³-hybridized carbons (Fsp3) is 0.207. The summed E-state index contributed by atoms with van der Waals surface area (Å²) in [6, 6.07) is 11.9. The zero-order valence-corrected chi connectivity index (χ0v) is 24.7. The summed E-state index contributed by atoms with van der Waals surface area (Å²) < 4.78 is 83.7. The summed E-state index contributed by atoms with van der Waals surface area (Å²) in [4.78, 5) is 31.8. The maximum atomic E-state index is 14.5. The number of amides is 1. The molecule has 244 valence electrons. The van der Waals surface area contributed by atoms with Gasteiger partial charge in [0.15, 0.2) is 11.6 Å². The van der Waals surface area contributed by atoms with E-state index in [2.05, 4.69) is 35.5 Å². The molecule has 2 aromatic carbocycles. The SMILES string of the molecule is Cc1cc(F)cc(C(=O)NCc2ccc(OC(F)F)cc2)c1CC(=O)c1cc(Cn2nnc(C(F)(F)F)n2)nn1-c1ncccc1Cl. The number of carbonyl (C=O) groups is 2. The Morgan fingerprint density at radius 1 is 1.06 bits per heavy atom. The Morgan fingerprint density at radius 3 is 2.47 bits per heavy atom. The van der Waals surface area contributed by atoms with Gasteiger partial charge in [0.05, 0.1) is 10.7 Å². The summed E-state index contributed by atoms with van der Waals surface area (Å²) in [5.74, 6) is -3.58. The van der Waals surface area contributed by atoms with Gasteiger partial charge < -0.3 is 10.1 Å². The quantitative estimate of drug-likeness (QED) is 0.146. The molecule has 0 bridgehead atoms. The van der Waals surface area contributed by atoms with Gasteiger partial charge in [0.25, 0.3) is 11.7 Å². The minimum Gasteiger partial charge on any atom is -0.435 e. The topological polar surface area (TPSA) is 130 Å². The number of benzene rings is 2. The highest BCUT2D eigenvalue weighted by molar-refractivity contribution is 6.32. The minimum absolute atomic E-state index is 0.0325. The van der Waals surface area contributed by atoms with Crippen molar-refractivity contribution in [2.75, 3.05) is 0 Å². The number of hydrogen-bond acceptors (Lipinski definition) is 8. The van der Waals surface area contributed by atoms with E-state index in [9.17, 15) is 35.9 Å². The Hall–Kier alpha value is -5.32. The van der Waals surface area contributed by atoms with E-state index < -0.39 is 49.1 Å². The Labute approximate surface area is 266 Å². The lowest BCUT2D eigenvalue weighted by molar-refractivity contribution is -0.145. The highest BCUT2D eigenvalue weighted by atomic mass is 35.5. The first kappa shape index (κ1) is 33.1. The van der Waals surface area contributed by atoms with E-state index in [1.165, 1.54) is 55.6 Å². The summed E-state index contributed by atoms with van der Waals surface area (Å²) in [6.45, 7) is -1.95. The van der Waals surface area contributed by atoms with Crippen LogP contribution in [0.25, 0.3) is 5.82 Å². The van der Waals surface area contributed by atoms with Gasteiger partial charge in [-0.1, -0.05) is 23.7 Å². The van der Waals surface area contributed by atoms with Gasteiger partial charge in [-0.25, -0.2) is 14.1 Å². The normalized spacial score (nSPS) is 11.6. The number of tetrazole rings is 1. The van der Waals surface area contributed by atoms with Crippen LogP contribution in [-0.2, 0) is 25.7 Å². The molecular formula is C29H21ClF6N8O3. The van der Waals surface area contributed by atoms with Crippen LogP contribution in [0, 0.1) is 12.7 Å². The van der Waals surface area contributed by atoms with Crippen molar-refractivity contribution in [3.05, 3.63) is 111 Å². The first-order chi connectivity index (χ1) is 22.3. The van der Waals surface area contributed by atoms with Crippen molar-refractivity contribution in [1.82, 2.24) is 40.3 Å². The van der Waals surface area contributed by atoms with E-state index in [0.717, 1.165) is 16.8 Å². The number of hydrogen-bond donors (Lipinski definition) is 1. The highest BCUT2D eigenvalue weighted by Gasteiger charge is 2.37. The molecule has 0 aliphatic carbocycles. The molecule has 1 N–H and O–H groups in total. The number of Topliss-reactive ketones (excluding diaryl/α,β-unsaturated/α-hetero) is 1. The summed E-state index contributed by atoms with van der Waals surface area (Å²) >= 11 is 6.31. The van der Waals surface area contributed by atoms with E-state index in [1.807, 2.05) is 0 Å². The average molecular weight is 679 g/mol. The predicted molar refractivity (Wildman–Crippen MR) is 152 cm³/mol. The fourth-order valence-corrected chi connectivity index (χ4v) is 4.70. The number of nitrogens with zero attached hydrogens (tertiary/aromatic N) is 7. The fourth-order valence-electron chi connectivity index (χ4n) is 4.50. The lowest BCUT2D eigenvalue weighted by atomic mass is 9.95. The van der Waals surface area contributed by atoms with Crippen LogP contribution in [0.4, 0.5) is 26.3 Å². The van der Waals surface area contributed by atoms with Crippen LogP contribution in [0.2, 0.25) is 5.02 Å². The molecule has 1 amide bonds. The van der Waals surface area contributed by atoms with Gasteiger partial charge in [0, 0.05) is 24.7 Å². The van der Waals surface area contributed by atoms with Crippen LogP contribution < -0.4 is 10.1 Å². The number of ether oxygens (including phenoxy) is 1. The maximum Gasteiger partial charge on any atom is 0.455 e. The van der Waals surface area contributed by atoms with Gasteiger partial charge in [-0.2, -0.15) is 31.8 Å². The van der Waals surface area contributed by atoms with Crippen molar-refractivity contribution < 1.29 is 40.7 Å². The lowest BCUT2D eigenvalue weighted by Gasteiger charge is -2.14. The Morgan fingerprint density at radius 2 is 1.81 bits per heavy atom. The summed E-state index contributed by atoms with van der Waals surface area (Å²) in [6.07, 6.45) is -3.87. The molecule has 0 radical (unpaired) electrons. The standard InChI is InChI=1S/C29H21ClF6N8O3/c1-15-9-17(31)10-21(26(46)38-13-16-4-6-19(7-5-16)47-28(32)33)20(15)12-24(45)23-11-18(14-43-41-27(39-42-43)29(34,35)36)40-44(23)25-22(30)3-2-8-37-25/h2-11,28H,12-14H2,1H3,(H,38,46). The number of nitrogens with one attached hydrogen (secondary N) is 1. The molecule has 11 nitrogen and oxygen atoms in total. The number of halogens is 7. The van der Waals surface area contributed by atoms with Crippen molar-refractivity contribution in [2.45, 2.75) is 39.2 Å². The number of aryl methyl sites for hydroxylation is 1. The molecule has 0 saturated carbocycles. The van der Waals surface area contributed by atoms with Gasteiger partial charge in [-0.15, -0.1) is 10.2 Å². The highest BCUT2D eigenvalue weighted by Crippen LogP contribution is 2.26. The number of ketones is 1. The molecule has 5 aromatic rings. The van der Waals surface area contributed by atoms with Crippen LogP contribution in [0.1, 0.15) is 49.1 Å². The third-order valence-electron chi connectivity index (χ3n) is 6.62. The third-order valence-corrected chi connectivity index (χ3v) is 6.91. The number of alkyl halides is 5. The van der Waals surface area contributed by atoms with Crippen molar-refractivity contribution in [2.24, 2.45) is 0 Å². The van der Waals surface area contributed by atoms with Crippen LogP contribution in [0.5, 0.6) is 5.75 Å². The molecule has 0 fully saturated rings. The number of carbonyl (C=O) groups excluding carboxylic acids is 2. The van der Waals surface area contributed by atoms with Crippen LogP contribution >= 0.6 is 11.6 Å². The third kappa shape index (κ3) is 7.92. The molecular weight excluding hydrogens is 658 g/mol. The summed E-state index contributed by atoms with van der Waals surface area (Å²) in [5, 5.41) is 16.7. The predicted octanol–water partition coefficient (Wildman–Crippen LogP) is 5.38. The number of rotatable bonds is 11. The average Bonchev–Trinajstić information content (AvgIpc) is 3.66. The Balaban J connectivity index is 1.42. The first-order valence-electron chi connectivity index (χ1n) is 13.5. The maximum absolute atomic E-state index is 14.5. The van der Waals surface area contributed by atoms with Gasteiger partial charge in [0.2, 0.25) is 0 Å². The van der Waals surface area contributed by atoms with E-state index in [0.29, 0.717) is 10.4 Å². The van der Waals surface area contributed by atoms with E-state index in [-0.39, 0.29) is 51.2 Å². The first-order valence-corrected chi connectivity index (χ1v) is 13.8. The second kappa shape index (κ2) is 13.6. The van der Waals surface area contributed by atoms with Crippen molar-refractivity contribution in [1.29, 1.82) is 0 Å². The molecule has 3 aromatic heterocycles. The van der Waals surface area contributed by atoms with Crippen molar-refractivity contribution >= 4 is 23.3 Å². The molecule has 0 spiro atoms. The second-order valence-corrected chi connectivity index (χ2v) is 10.3. The van der Waals surface area contributed by atoms with Gasteiger partial charge in [-0.05, 0) is 71.3 Å². The van der Waals surface area contributed by atoms with E-state index in [1.54, 1.807) is 0 Å². The van der Waals surface area contributed by atoms with Crippen LogP contribution in [0.15, 0.2) is 60.8 Å². The lowest BCUT2D eigenvalue weighted by Crippen LogP contribution is -2.25. The largest absolute Gasteiger partial charge is 0.455 e. The van der Waals surface area contributed by atoms with Crippen molar-refractivity contribution in [3.63, 3.8) is 0 Å². The molecule has 0 saturated heterocycles. The number of pyridine rings is 1. The van der Waals surface area contributed by atoms with E-state index >= 15 is 0 Å². The van der Waals surface area contributed by atoms with E-state index in [4.69, 9.17) is 11.6 Å². The van der Waals surface area contributed by atoms with Gasteiger partial charge >= 0.3 is 12.8 Å². The Kier molecular flexibility index (Phi) is 9.55. The van der Waals surface area contributed by atoms with Crippen LogP contribution in [0.3, 0.4) is 0 Å². The molecule has 0 atom stereocenters. The monoisotopic (exact) mass is 678 g/mol. The molecule has 0 unspecified atom stereocenters.